The lowest BCUT2D eigenvalue weighted by atomic mass is 9.87. The standard InChI is InChI=1S/C15H24N2O/c1-9-7-10(2)12(4)14(11(9)3)15(16)13-8-17-5-6-18-13/h7,13,15,17H,5-6,8,16H2,1-4H3. The average molecular weight is 248 g/mol. The Labute approximate surface area is 110 Å². The van der Waals surface area contributed by atoms with Crippen molar-refractivity contribution in [2.45, 2.75) is 39.8 Å². The Kier molecular flexibility index (Phi) is 4.05. The van der Waals surface area contributed by atoms with Gasteiger partial charge in [0.05, 0.1) is 18.8 Å². The van der Waals surface area contributed by atoms with Gasteiger partial charge in [-0.05, 0) is 55.5 Å². The number of nitrogens with one attached hydrogen (secondary N) is 1. The van der Waals surface area contributed by atoms with Crippen LogP contribution < -0.4 is 11.1 Å². The highest BCUT2D eigenvalue weighted by Crippen LogP contribution is 2.29. The van der Waals surface area contributed by atoms with Crippen molar-refractivity contribution in [3.8, 4) is 0 Å². The number of rotatable bonds is 2. The van der Waals surface area contributed by atoms with Crippen LogP contribution in [-0.2, 0) is 4.74 Å². The first kappa shape index (κ1) is 13.5. The summed E-state index contributed by atoms with van der Waals surface area (Å²) in [6.07, 6.45) is 0.0809. The zero-order valence-corrected chi connectivity index (χ0v) is 11.8. The summed E-state index contributed by atoms with van der Waals surface area (Å²) < 4.78 is 5.80. The Hall–Kier alpha value is -0.900. The van der Waals surface area contributed by atoms with Crippen LogP contribution in [0, 0.1) is 27.7 Å². The number of ether oxygens (including phenoxy) is 1. The molecule has 2 rings (SSSR count). The first-order chi connectivity index (χ1) is 8.52. The van der Waals surface area contributed by atoms with Crippen LogP contribution in [0.15, 0.2) is 6.07 Å². The lowest BCUT2D eigenvalue weighted by Gasteiger charge is -2.31. The van der Waals surface area contributed by atoms with Crippen molar-refractivity contribution in [1.82, 2.24) is 5.32 Å². The molecule has 1 aromatic carbocycles. The van der Waals surface area contributed by atoms with E-state index in [0.29, 0.717) is 0 Å². The van der Waals surface area contributed by atoms with E-state index in [-0.39, 0.29) is 12.1 Å². The highest BCUT2D eigenvalue weighted by molar-refractivity contribution is 5.46. The van der Waals surface area contributed by atoms with Crippen molar-refractivity contribution in [3.05, 3.63) is 33.9 Å². The van der Waals surface area contributed by atoms with E-state index < -0.39 is 0 Å². The highest BCUT2D eigenvalue weighted by Gasteiger charge is 2.26. The third kappa shape index (κ3) is 2.44. The van der Waals surface area contributed by atoms with Gasteiger partial charge in [-0.1, -0.05) is 6.07 Å². The minimum atomic E-state index is -0.0450. The Bertz CT molecular complexity index is 410. The van der Waals surface area contributed by atoms with E-state index >= 15 is 0 Å². The molecule has 3 nitrogen and oxygen atoms in total. The van der Waals surface area contributed by atoms with Gasteiger partial charge in [-0.25, -0.2) is 0 Å². The van der Waals surface area contributed by atoms with Crippen LogP contribution in [0.5, 0.6) is 0 Å². The molecule has 0 radical (unpaired) electrons. The second-order valence-electron chi connectivity index (χ2n) is 5.31. The topological polar surface area (TPSA) is 47.3 Å². The third-order valence-corrected chi connectivity index (χ3v) is 4.11. The average Bonchev–Trinajstić information content (AvgIpc) is 2.37. The van der Waals surface area contributed by atoms with Crippen LogP contribution >= 0.6 is 0 Å². The van der Waals surface area contributed by atoms with Crippen molar-refractivity contribution < 1.29 is 4.74 Å². The summed E-state index contributed by atoms with van der Waals surface area (Å²) in [5.41, 5.74) is 12.9. The second-order valence-corrected chi connectivity index (χ2v) is 5.31. The number of benzene rings is 1. The molecule has 1 aliphatic rings. The van der Waals surface area contributed by atoms with Gasteiger partial charge < -0.3 is 15.8 Å². The fourth-order valence-corrected chi connectivity index (χ4v) is 2.75. The molecule has 1 heterocycles. The summed E-state index contributed by atoms with van der Waals surface area (Å²) >= 11 is 0. The lowest BCUT2D eigenvalue weighted by molar-refractivity contribution is 0.0119. The van der Waals surface area contributed by atoms with Gasteiger partial charge in [-0.15, -0.1) is 0 Å². The summed E-state index contributed by atoms with van der Waals surface area (Å²) in [5, 5.41) is 3.35. The molecule has 100 valence electrons. The van der Waals surface area contributed by atoms with Crippen LogP contribution in [0.3, 0.4) is 0 Å². The van der Waals surface area contributed by atoms with E-state index in [1.165, 1.54) is 27.8 Å². The van der Waals surface area contributed by atoms with E-state index in [2.05, 4.69) is 39.1 Å². The van der Waals surface area contributed by atoms with Gasteiger partial charge in [0.1, 0.15) is 0 Å². The number of hydrogen-bond donors (Lipinski definition) is 2. The van der Waals surface area contributed by atoms with E-state index in [1.54, 1.807) is 0 Å². The van der Waals surface area contributed by atoms with Gasteiger partial charge >= 0.3 is 0 Å². The molecule has 1 aromatic rings. The molecule has 1 fully saturated rings. The highest BCUT2D eigenvalue weighted by atomic mass is 16.5. The molecule has 0 aromatic heterocycles. The van der Waals surface area contributed by atoms with Crippen molar-refractivity contribution in [1.29, 1.82) is 0 Å². The van der Waals surface area contributed by atoms with Crippen LogP contribution in [0.2, 0.25) is 0 Å². The Balaban J connectivity index is 2.37. The largest absolute Gasteiger partial charge is 0.374 e. The summed E-state index contributed by atoms with van der Waals surface area (Å²) in [5.74, 6) is 0. The smallest absolute Gasteiger partial charge is 0.0892 e. The summed E-state index contributed by atoms with van der Waals surface area (Å²) in [6.45, 7) is 11.1. The van der Waals surface area contributed by atoms with Crippen molar-refractivity contribution in [2.75, 3.05) is 19.7 Å². The minimum Gasteiger partial charge on any atom is -0.374 e. The number of aryl methyl sites for hydroxylation is 2. The van der Waals surface area contributed by atoms with Crippen molar-refractivity contribution in [3.63, 3.8) is 0 Å². The lowest BCUT2D eigenvalue weighted by Crippen LogP contribution is -2.44. The van der Waals surface area contributed by atoms with Gasteiger partial charge in [0, 0.05) is 13.1 Å². The molecule has 0 amide bonds. The molecule has 2 atom stereocenters. The monoisotopic (exact) mass is 248 g/mol. The van der Waals surface area contributed by atoms with Crippen LogP contribution in [0.1, 0.15) is 33.9 Å². The zero-order valence-electron chi connectivity index (χ0n) is 11.8. The van der Waals surface area contributed by atoms with E-state index in [4.69, 9.17) is 10.5 Å². The minimum absolute atomic E-state index is 0.0450. The molecule has 2 unspecified atom stereocenters. The molecule has 3 heteroatoms. The van der Waals surface area contributed by atoms with Gasteiger partial charge in [0.25, 0.3) is 0 Å². The van der Waals surface area contributed by atoms with Gasteiger partial charge in [-0.3, -0.25) is 0 Å². The van der Waals surface area contributed by atoms with Gasteiger partial charge in [-0.2, -0.15) is 0 Å². The number of hydrogen-bond acceptors (Lipinski definition) is 3. The molecular formula is C15H24N2O. The molecule has 0 bridgehead atoms. The molecule has 18 heavy (non-hydrogen) atoms. The predicted octanol–water partition coefficient (Wildman–Crippen LogP) is 1.91. The van der Waals surface area contributed by atoms with Gasteiger partial charge in [0.2, 0.25) is 0 Å². The van der Waals surface area contributed by atoms with E-state index in [0.717, 1.165) is 19.7 Å². The Morgan fingerprint density at radius 3 is 2.33 bits per heavy atom. The summed E-state index contributed by atoms with van der Waals surface area (Å²) in [4.78, 5) is 0. The van der Waals surface area contributed by atoms with E-state index in [1.807, 2.05) is 0 Å². The van der Waals surface area contributed by atoms with E-state index in [9.17, 15) is 0 Å². The Morgan fingerprint density at radius 2 is 1.83 bits per heavy atom. The first-order valence-corrected chi connectivity index (χ1v) is 6.67. The normalized spacial score (nSPS) is 21.9. The van der Waals surface area contributed by atoms with Crippen molar-refractivity contribution >= 4 is 0 Å². The number of nitrogens with two attached hydrogens (primary N) is 1. The quantitative estimate of drug-likeness (QED) is 0.840. The molecule has 1 aliphatic heterocycles. The first-order valence-electron chi connectivity index (χ1n) is 6.67. The van der Waals surface area contributed by atoms with Gasteiger partial charge in [0.15, 0.2) is 0 Å². The zero-order chi connectivity index (χ0) is 13.3. The third-order valence-electron chi connectivity index (χ3n) is 4.11. The van der Waals surface area contributed by atoms with Crippen LogP contribution in [0.25, 0.3) is 0 Å². The molecule has 1 saturated heterocycles. The maximum absolute atomic E-state index is 6.44. The fraction of sp³-hybridized carbons (Fsp3) is 0.600. The number of morpholine rings is 1. The van der Waals surface area contributed by atoms with Crippen LogP contribution in [-0.4, -0.2) is 25.8 Å². The molecule has 0 saturated carbocycles. The Morgan fingerprint density at radius 1 is 1.22 bits per heavy atom. The SMILES string of the molecule is Cc1cc(C)c(C)c(C(N)C2CNCCO2)c1C. The maximum atomic E-state index is 6.44. The molecule has 0 spiro atoms. The molecule has 3 N–H and O–H groups in total. The predicted molar refractivity (Wildman–Crippen MR) is 74.9 cm³/mol. The molecular weight excluding hydrogens is 224 g/mol. The molecule has 0 aliphatic carbocycles. The second kappa shape index (κ2) is 5.39. The summed E-state index contributed by atoms with van der Waals surface area (Å²) in [6, 6.07) is 2.19. The maximum Gasteiger partial charge on any atom is 0.0892 e. The van der Waals surface area contributed by atoms with Crippen molar-refractivity contribution in [2.24, 2.45) is 5.73 Å². The van der Waals surface area contributed by atoms with Crippen LogP contribution in [0.4, 0.5) is 0 Å². The summed E-state index contributed by atoms with van der Waals surface area (Å²) in [7, 11) is 0. The fourth-order valence-electron chi connectivity index (χ4n) is 2.75.